The van der Waals surface area contributed by atoms with E-state index in [0.717, 1.165) is 5.69 Å². The third kappa shape index (κ3) is 3.28. The molecule has 0 atom stereocenters. The van der Waals surface area contributed by atoms with Crippen LogP contribution >= 0.6 is 0 Å². The van der Waals surface area contributed by atoms with Gasteiger partial charge in [0.1, 0.15) is 11.9 Å². The van der Waals surface area contributed by atoms with Crippen LogP contribution in [0.5, 0.6) is 0 Å². The molecule has 1 amide bonds. The fourth-order valence-corrected chi connectivity index (χ4v) is 0.899. The standard InChI is InChI=1S/C10H15N3O2/c1-10(2,15-3)9(14)12-6-8-4-5-11-7-13-8/h4-5,7H,6H2,1-3H3,(H,12,14). The van der Waals surface area contributed by atoms with Crippen molar-refractivity contribution < 1.29 is 9.53 Å². The summed E-state index contributed by atoms with van der Waals surface area (Å²) in [5, 5.41) is 2.74. The highest BCUT2D eigenvalue weighted by Crippen LogP contribution is 2.07. The van der Waals surface area contributed by atoms with Crippen molar-refractivity contribution >= 4 is 5.91 Å². The predicted molar refractivity (Wildman–Crippen MR) is 55.0 cm³/mol. The largest absolute Gasteiger partial charge is 0.369 e. The van der Waals surface area contributed by atoms with E-state index in [1.54, 1.807) is 26.1 Å². The zero-order valence-corrected chi connectivity index (χ0v) is 9.15. The van der Waals surface area contributed by atoms with Gasteiger partial charge in [-0.1, -0.05) is 0 Å². The Kier molecular flexibility index (Phi) is 3.74. The van der Waals surface area contributed by atoms with Crippen molar-refractivity contribution in [3.63, 3.8) is 0 Å². The zero-order valence-electron chi connectivity index (χ0n) is 9.15. The number of amides is 1. The van der Waals surface area contributed by atoms with E-state index >= 15 is 0 Å². The van der Waals surface area contributed by atoms with Crippen molar-refractivity contribution in [3.05, 3.63) is 24.3 Å². The first-order chi connectivity index (χ1) is 7.06. The molecule has 15 heavy (non-hydrogen) atoms. The number of aromatic nitrogens is 2. The zero-order chi connectivity index (χ0) is 11.3. The maximum Gasteiger partial charge on any atom is 0.251 e. The van der Waals surface area contributed by atoms with Crippen molar-refractivity contribution in [2.45, 2.75) is 26.0 Å². The molecular formula is C10H15N3O2. The fraction of sp³-hybridized carbons (Fsp3) is 0.500. The van der Waals surface area contributed by atoms with Gasteiger partial charge in [-0.3, -0.25) is 4.79 Å². The van der Waals surface area contributed by atoms with Crippen molar-refractivity contribution in [2.75, 3.05) is 7.11 Å². The number of ether oxygens (including phenoxy) is 1. The Bertz CT molecular complexity index is 325. The van der Waals surface area contributed by atoms with Crippen molar-refractivity contribution in [1.82, 2.24) is 15.3 Å². The van der Waals surface area contributed by atoms with Crippen molar-refractivity contribution in [3.8, 4) is 0 Å². The summed E-state index contributed by atoms with van der Waals surface area (Å²) in [5.41, 5.74) is -0.0437. The molecule has 0 saturated carbocycles. The highest BCUT2D eigenvalue weighted by molar-refractivity contribution is 5.84. The molecule has 1 N–H and O–H groups in total. The van der Waals surface area contributed by atoms with Gasteiger partial charge in [-0.05, 0) is 19.9 Å². The van der Waals surface area contributed by atoms with Crippen LogP contribution in [-0.2, 0) is 16.1 Å². The number of nitrogens with zero attached hydrogens (tertiary/aromatic N) is 2. The van der Waals surface area contributed by atoms with E-state index in [-0.39, 0.29) is 5.91 Å². The molecule has 0 aliphatic carbocycles. The normalized spacial score (nSPS) is 11.1. The van der Waals surface area contributed by atoms with Crippen LogP contribution in [0.1, 0.15) is 19.5 Å². The Morgan fingerprint density at radius 1 is 1.60 bits per heavy atom. The highest BCUT2D eigenvalue weighted by Gasteiger charge is 2.26. The smallest absolute Gasteiger partial charge is 0.251 e. The van der Waals surface area contributed by atoms with E-state index in [1.807, 2.05) is 0 Å². The monoisotopic (exact) mass is 209 g/mol. The summed E-state index contributed by atoms with van der Waals surface area (Å²) >= 11 is 0. The maximum atomic E-state index is 11.6. The van der Waals surface area contributed by atoms with Gasteiger partial charge in [0.25, 0.3) is 5.91 Å². The van der Waals surface area contributed by atoms with Crippen LogP contribution in [0.15, 0.2) is 18.6 Å². The van der Waals surface area contributed by atoms with Gasteiger partial charge in [0.2, 0.25) is 0 Å². The Labute approximate surface area is 88.9 Å². The molecule has 0 spiro atoms. The highest BCUT2D eigenvalue weighted by atomic mass is 16.5. The van der Waals surface area contributed by atoms with Gasteiger partial charge >= 0.3 is 0 Å². The minimum absolute atomic E-state index is 0.163. The van der Waals surface area contributed by atoms with Gasteiger partial charge in [0.05, 0.1) is 12.2 Å². The summed E-state index contributed by atoms with van der Waals surface area (Å²) < 4.78 is 5.04. The molecule has 0 bridgehead atoms. The quantitative estimate of drug-likeness (QED) is 0.785. The first kappa shape index (κ1) is 11.6. The van der Waals surface area contributed by atoms with Crippen LogP contribution < -0.4 is 5.32 Å². The second-order valence-corrected chi connectivity index (χ2v) is 3.60. The second-order valence-electron chi connectivity index (χ2n) is 3.60. The summed E-state index contributed by atoms with van der Waals surface area (Å²) in [6.07, 6.45) is 3.08. The number of rotatable bonds is 4. The Morgan fingerprint density at radius 3 is 2.87 bits per heavy atom. The number of carbonyl (C=O) groups is 1. The minimum Gasteiger partial charge on any atom is -0.369 e. The Hall–Kier alpha value is -1.49. The molecule has 1 rings (SSSR count). The van der Waals surface area contributed by atoms with E-state index in [1.165, 1.54) is 13.4 Å². The molecule has 5 heteroatoms. The van der Waals surface area contributed by atoms with E-state index < -0.39 is 5.60 Å². The average molecular weight is 209 g/mol. The van der Waals surface area contributed by atoms with E-state index in [9.17, 15) is 4.79 Å². The average Bonchev–Trinajstić information content (AvgIpc) is 2.27. The molecule has 0 fully saturated rings. The number of methoxy groups -OCH3 is 1. The lowest BCUT2D eigenvalue weighted by Crippen LogP contribution is -2.43. The van der Waals surface area contributed by atoms with E-state index in [2.05, 4.69) is 15.3 Å². The summed E-state index contributed by atoms with van der Waals surface area (Å²) in [4.78, 5) is 19.4. The van der Waals surface area contributed by atoms with Crippen LogP contribution in [-0.4, -0.2) is 28.6 Å². The first-order valence-corrected chi connectivity index (χ1v) is 4.64. The number of carbonyl (C=O) groups excluding carboxylic acids is 1. The van der Waals surface area contributed by atoms with Crippen molar-refractivity contribution in [2.24, 2.45) is 0 Å². The summed E-state index contributed by atoms with van der Waals surface area (Å²) in [6.45, 7) is 3.80. The lowest BCUT2D eigenvalue weighted by Gasteiger charge is -2.21. The second kappa shape index (κ2) is 4.84. The van der Waals surface area contributed by atoms with Gasteiger partial charge in [-0.15, -0.1) is 0 Å². The van der Waals surface area contributed by atoms with Gasteiger partial charge in [0, 0.05) is 13.3 Å². The molecule has 0 unspecified atom stereocenters. The molecule has 0 aromatic carbocycles. The third-order valence-corrected chi connectivity index (χ3v) is 2.13. The van der Waals surface area contributed by atoms with Crippen LogP contribution in [0, 0.1) is 0 Å². The SMILES string of the molecule is COC(C)(C)C(=O)NCc1ccncn1. The topological polar surface area (TPSA) is 64.1 Å². The van der Waals surface area contributed by atoms with Crippen LogP contribution in [0.4, 0.5) is 0 Å². The summed E-state index contributed by atoms with van der Waals surface area (Å²) in [7, 11) is 1.50. The lowest BCUT2D eigenvalue weighted by molar-refractivity contribution is -0.139. The molecule has 1 aromatic rings. The van der Waals surface area contributed by atoms with E-state index in [0.29, 0.717) is 6.54 Å². The number of nitrogens with one attached hydrogen (secondary N) is 1. The molecule has 1 aromatic heterocycles. The molecular weight excluding hydrogens is 194 g/mol. The minimum atomic E-state index is -0.812. The molecule has 0 radical (unpaired) electrons. The number of hydrogen-bond donors (Lipinski definition) is 1. The molecule has 0 saturated heterocycles. The molecule has 5 nitrogen and oxygen atoms in total. The molecule has 82 valence electrons. The van der Waals surface area contributed by atoms with Crippen LogP contribution in [0.2, 0.25) is 0 Å². The fourth-order valence-electron chi connectivity index (χ4n) is 0.899. The molecule has 0 aliphatic heterocycles. The Morgan fingerprint density at radius 2 is 2.33 bits per heavy atom. The molecule has 1 heterocycles. The van der Waals surface area contributed by atoms with E-state index in [4.69, 9.17) is 4.74 Å². The third-order valence-electron chi connectivity index (χ3n) is 2.13. The molecule has 0 aliphatic rings. The predicted octanol–water partition coefficient (Wildman–Crippen LogP) is 0.518. The summed E-state index contributed by atoms with van der Waals surface area (Å²) in [6, 6.07) is 1.75. The van der Waals surface area contributed by atoms with Gasteiger partial charge in [-0.2, -0.15) is 0 Å². The van der Waals surface area contributed by atoms with Crippen molar-refractivity contribution in [1.29, 1.82) is 0 Å². The van der Waals surface area contributed by atoms with Gasteiger partial charge in [-0.25, -0.2) is 9.97 Å². The summed E-state index contributed by atoms with van der Waals surface area (Å²) in [5.74, 6) is -0.163. The maximum absolute atomic E-state index is 11.6. The van der Waals surface area contributed by atoms with Crippen LogP contribution in [0.25, 0.3) is 0 Å². The first-order valence-electron chi connectivity index (χ1n) is 4.64. The lowest BCUT2D eigenvalue weighted by atomic mass is 10.1. The number of hydrogen-bond acceptors (Lipinski definition) is 4. The Balaban J connectivity index is 2.48. The van der Waals surface area contributed by atoms with Crippen LogP contribution in [0.3, 0.4) is 0 Å². The van der Waals surface area contributed by atoms with Gasteiger partial charge in [0.15, 0.2) is 0 Å². The van der Waals surface area contributed by atoms with Gasteiger partial charge < -0.3 is 10.1 Å².